The van der Waals surface area contributed by atoms with E-state index in [4.69, 9.17) is 21.9 Å². The zero-order chi connectivity index (χ0) is 29.4. The summed E-state index contributed by atoms with van der Waals surface area (Å²) in [4.78, 5) is 4.78. The SMILES string of the molecule is CCCCCCCCCCCCCCCCOCC(O)CN(CCN)CCN(CCCCCN)CCNCCN. The third-order valence-corrected chi connectivity index (χ3v) is 7.70. The third kappa shape index (κ3) is 29.2. The molecule has 0 radical (unpaired) electrons. The maximum absolute atomic E-state index is 10.6. The van der Waals surface area contributed by atoms with Crippen LogP contribution in [0, 0.1) is 0 Å². The van der Waals surface area contributed by atoms with E-state index in [9.17, 15) is 5.11 Å². The average Bonchev–Trinajstić information content (AvgIpc) is 2.95. The Balaban J connectivity index is 3.89. The second-order valence-electron chi connectivity index (χ2n) is 11.6. The molecule has 8 heteroatoms. The van der Waals surface area contributed by atoms with Crippen LogP contribution in [0.25, 0.3) is 0 Å². The molecule has 0 aliphatic heterocycles. The zero-order valence-electron chi connectivity index (χ0n) is 26.8. The zero-order valence-corrected chi connectivity index (χ0v) is 26.8. The van der Waals surface area contributed by atoms with E-state index < -0.39 is 6.10 Å². The van der Waals surface area contributed by atoms with Gasteiger partial charge in [0, 0.05) is 65.5 Å². The predicted molar refractivity (Wildman–Crippen MR) is 174 cm³/mol. The molecule has 0 aliphatic carbocycles. The lowest BCUT2D eigenvalue weighted by Crippen LogP contribution is -2.44. The Morgan fingerprint density at radius 3 is 1.73 bits per heavy atom. The number of aliphatic hydroxyl groups excluding tert-OH is 1. The molecule has 0 rings (SSSR count). The summed E-state index contributed by atoms with van der Waals surface area (Å²) in [6, 6.07) is 0. The highest BCUT2D eigenvalue weighted by Crippen LogP contribution is 2.13. The first-order valence-corrected chi connectivity index (χ1v) is 17.2. The standard InChI is InChI=1S/C32H72N6O2/c1-2-3-4-5-6-7-8-9-10-11-12-13-14-18-29-40-31-32(39)30-38(25-21-35)28-27-37(24-17-15-16-19-33)26-23-36-22-20-34/h32,36,39H,2-31,33-35H2,1H3. The van der Waals surface area contributed by atoms with E-state index in [0.717, 1.165) is 71.8 Å². The minimum absolute atomic E-state index is 0.408. The van der Waals surface area contributed by atoms with Crippen molar-refractivity contribution in [2.75, 3.05) is 85.2 Å². The highest BCUT2D eigenvalue weighted by molar-refractivity contribution is 4.69. The van der Waals surface area contributed by atoms with Crippen molar-refractivity contribution in [3.05, 3.63) is 0 Å². The lowest BCUT2D eigenvalue weighted by Gasteiger charge is -2.29. The molecular weight excluding hydrogens is 500 g/mol. The van der Waals surface area contributed by atoms with Crippen molar-refractivity contribution in [3.8, 4) is 0 Å². The summed E-state index contributed by atoms with van der Waals surface area (Å²) in [6.45, 7) is 12.6. The van der Waals surface area contributed by atoms with Gasteiger partial charge in [0.25, 0.3) is 0 Å². The van der Waals surface area contributed by atoms with Crippen LogP contribution >= 0.6 is 0 Å². The topological polar surface area (TPSA) is 126 Å². The van der Waals surface area contributed by atoms with Crippen LogP contribution < -0.4 is 22.5 Å². The van der Waals surface area contributed by atoms with Gasteiger partial charge >= 0.3 is 0 Å². The van der Waals surface area contributed by atoms with Gasteiger partial charge in [0.1, 0.15) is 0 Å². The van der Waals surface area contributed by atoms with E-state index in [2.05, 4.69) is 22.0 Å². The number of aliphatic hydroxyl groups is 1. The Morgan fingerprint density at radius 2 is 1.15 bits per heavy atom. The molecule has 0 aromatic carbocycles. The molecule has 0 aromatic rings. The largest absolute Gasteiger partial charge is 0.389 e. The molecule has 1 unspecified atom stereocenters. The quantitative estimate of drug-likeness (QED) is 0.0730. The highest BCUT2D eigenvalue weighted by atomic mass is 16.5. The van der Waals surface area contributed by atoms with Crippen molar-refractivity contribution in [2.45, 2.75) is 122 Å². The van der Waals surface area contributed by atoms with Crippen molar-refractivity contribution < 1.29 is 9.84 Å². The van der Waals surface area contributed by atoms with Crippen LogP contribution in [0.15, 0.2) is 0 Å². The summed E-state index contributed by atoms with van der Waals surface area (Å²) in [6.07, 6.45) is 22.0. The van der Waals surface area contributed by atoms with Gasteiger partial charge in [-0.3, -0.25) is 4.90 Å². The van der Waals surface area contributed by atoms with Gasteiger partial charge in [-0.1, -0.05) is 96.8 Å². The number of nitrogens with zero attached hydrogens (tertiary/aromatic N) is 2. The molecule has 0 aliphatic rings. The molecule has 0 amide bonds. The summed E-state index contributed by atoms with van der Waals surface area (Å²) in [5.74, 6) is 0. The summed E-state index contributed by atoms with van der Waals surface area (Å²) in [7, 11) is 0. The molecule has 40 heavy (non-hydrogen) atoms. The van der Waals surface area contributed by atoms with Gasteiger partial charge in [-0.25, -0.2) is 0 Å². The Bertz CT molecular complexity index is 463. The van der Waals surface area contributed by atoms with Crippen LogP contribution in [-0.2, 0) is 4.74 Å². The van der Waals surface area contributed by atoms with Crippen LogP contribution in [0.5, 0.6) is 0 Å². The first kappa shape index (κ1) is 39.7. The number of nitrogens with two attached hydrogens (primary N) is 3. The Labute approximate surface area is 249 Å². The van der Waals surface area contributed by atoms with Crippen LogP contribution in [0.4, 0.5) is 0 Å². The fraction of sp³-hybridized carbons (Fsp3) is 1.00. The van der Waals surface area contributed by atoms with Gasteiger partial charge in [-0.15, -0.1) is 0 Å². The molecule has 0 bridgehead atoms. The Kier molecular flexibility index (Phi) is 32.9. The number of ether oxygens (including phenoxy) is 1. The minimum Gasteiger partial charge on any atom is -0.389 e. The van der Waals surface area contributed by atoms with Gasteiger partial charge in [0.05, 0.1) is 12.7 Å². The maximum Gasteiger partial charge on any atom is 0.0900 e. The number of hydrogen-bond donors (Lipinski definition) is 5. The summed E-state index contributed by atoms with van der Waals surface area (Å²) >= 11 is 0. The normalized spacial score (nSPS) is 12.7. The van der Waals surface area contributed by atoms with Crippen molar-refractivity contribution >= 4 is 0 Å². The lowest BCUT2D eigenvalue weighted by molar-refractivity contribution is 0.0145. The fourth-order valence-electron chi connectivity index (χ4n) is 5.18. The summed E-state index contributed by atoms with van der Waals surface area (Å²) in [5.41, 5.74) is 17.1. The van der Waals surface area contributed by atoms with Crippen LogP contribution in [0.2, 0.25) is 0 Å². The second-order valence-corrected chi connectivity index (χ2v) is 11.6. The van der Waals surface area contributed by atoms with Gasteiger partial charge in [0.15, 0.2) is 0 Å². The third-order valence-electron chi connectivity index (χ3n) is 7.70. The molecule has 0 aromatic heterocycles. The molecule has 0 saturated heterocycles. The monoisotopic (exact) mass is 573 g/mol. The van der Waals surface area contributed by atoms with Crippen molar-refractivity contribution in [1.82, 2.24) is 15.1 Å². The van der Waals surface area contributed by atoms with Crippen molar-refractivity contribution in [1.29, 1.82) is 0 Å². The fourth-order valence-corrected chi connectivity index (χ4v) is 5.18. The first-order valence-electron chi connectivity index (χ1n) is 17.2. The van der Waals surface area contributed by atoms with E-state index in [1.165, 1.54) is 96.3 Å². The molecule has 0 spiro atoms. The van der Waals surface area contributed by atoms with E-state index in [0.29, 0.717) is 26.2 Å². The van der Waals surface area contributed by atoms with Gasteiger partial charge in [0.2, 0.25) is 0 Å². The maximum atomic E-state index is 10.6. The highest BCUT2D eigenvalue weighted by Gasteiger charge is 2.13. The number of nitrogens with one attached hydrogen (secondary N) is 1. The Morgan fingerprint density at radius 1 is 0.575 bits per heavy atom. The van der Waals surface area contributed by atoms with Crippen LogP contribution in [-0.4, -0.2) is 106 Å². The van der Waals surface area contributed by atoms with E-state index in [1.54, 1.807) is 0 Å². The minimum atomic E-state index is -0.470. The van der Waals surface area contributed by atoms with E-state index in [1.807, 2.05) is 0 Å². The summed E-state index contributed by atoms with van der Waals surface area (Å²) < 4.78 is 5.81. The lowest BCUT2D eigenvalue weighted by atomic mass is 10.0. The number of unbranched alkanes of at least 4 members (excludes halogenated alkanes) is 15. The van der Waals surface area contributed by atoms with Crippen molar-refractivity contribution in [3.63, 3.8) is 0 Å². The van der Waals surface area contributed by atoms with Crippen LogP contribution in [0.1, 0.15) is 116 Å². The first-order chi connectivity index (χ1) is 19.7. The van der Waals surface area contributed by atoms with Gasteiger partial charge in [-0.2, -0.15) is 0 Å². The predicted octanol–water partition coefficient (Wildman–Crippen LogP) is 4.09. The van der Waals surface area contributed by atoms with E-state index in [-0.39, 0.29) is 0 Å². The molecule has 0 saturated carbocycles. The van der Waals surface area contributed by atoms with E-state index >= 15 is 0 Å². The van der Waals surface area contributed by atoms with Gasteiger partial charge in [-0.05, 0) is 32.4 Å². The number of hydrogen-bond acceptors (Lipinski definition) is 8. The van der Waals surface area contributed by atoms with Gasteiger partial charge < -0.3 is 37.3 Å². The molecule has 0 heterocycles. The Hall–Kier alpha value is -0.320. The molecule has 0 fully saturated rings. The molecular formula is C32H72N6O2. The second kappa shape index (κ2) is 33.2. The molecule has 8 nitrogen and oxygen atoms in total. The molecule has 8 N–H and O–H groups in total. The molecule has 1 atom stereocenters. The molecule has 242 valence electrons. The van der Waals surface area contributed by atoms with Crippen LogP contribution in [0.3, 0.4) is 0 Å². The average molecular weight is 573 g/mol. The van der Waals surface area contributed by atoms with Crippen molar-refractivity contribution in [2.24, 2.45) is 17.2 Å². The number of rotatable bonds is 34. The smallest absolute Gasteiger partial charge is 0.0900 e. The summed E-state index contributed by atoms with van der Waals surface area (Å²) in [5, 5.41) is 14.0.